The van der Waals surface area contributed by atoms with Crippen molar-refractivity contribution >= 4 is 10.9 Å². The van der Waals surface area contributed by atoms with Gasteiger partial charge in [0.25, 0.3) is 5.56 Å². The third-order valence-corrected chi connectivity index (χ3v) is 7.15. The maximum absolute atomic E-state index is 13.5. The summed E-state index contributed by atoms with van der Waals surface area (Å²) in [5.41, 5.74) is 6.10. The maximum Gasteiger partial charge on any atom is 0.253 e. The number of pyridine rings is 1. The van der Waals surface area contributed by atoms with Crippen molar-refractivity contribution in [3.8, 4) is 5.75 Å². The lowest BCUT2D eigenvalue weighted by atomic mass is 9.95. The molecule has 0 saturated carbocycles. The summed E-state index contributed by atoms with van der Waals surface area (Å²) in [4.78, 5) is 19.0. The normalized spacial score (nSPS) is 14.4. The van der Waals surface area contributed by atoms with Gasteiger partial charge in [-0.15, -0.1) is 5.10 Å². The van der Waals surface area contributed by atoms with E-state index >= 15 is 0 Å². The Morgan fingerprint density at radius 1 is 1.03 bits per heavy atom. The molecule has 0 radical (unpaired) electrons. The Hall–Kier alpha value is -4.30. The van der Waals surface area contributed by atoms with E-state index in [0.717, 1.165) is 40.7 Å². The molecular weight excluding hydrogens is 464 g/mol. The van der Waals surface area contributed by atoms with Crippen molar-refractivity contribution in [1.29, 1.82) is 0 Å². The number of fused-ring (bicyclic) bond motifs is 2. The van der Waals surface area contributed by atoms with Crippen molar-refractivity contribution in [2.75, 3.05) is 13.7 Å². The molecule has 5 aromatic rings. The monoisotopic (exact) mass is 492 g/mol. The van der Waals surface area contributed by atoms with E-state index in [1.165, 1.54) is 11.1 Å². The van der Waals surface area contributed by atoms with Gasteiger partial charge in [0.1, 0.15) is 11.8 Å². The van der Waals surface area contributed by atoms with Crippen molar-refractivity contribution < 1.29 is 4.74 Å². The molecule has 1 aliphatic rings. The highest BCUT2D eigenvalue weighted by atomic mass is 16.5. The number of nitrogens with zero attached hydrogens (tertiary/aromatic N) is 5. The molecule has 6 rings (SSSR count). The molecule has 37 heavy (non-hydrogen) atoms. The number of benzene rings is 3. The van der Waals surface area contributed by atoms with Crippen LogP contribution >= 0.6 is 0 Å². The number of aromatic amines is 1. The van der Waals surface area contributed by atoms with Crippen molar-refractivity contribution in [2.24, 2.45) is 0 Å². The standard InChI is InChI=1S/C29H28N6O2/c1-19-7-10-22-16-25(29(36)30-26(22)15-19)27(34-14-13-21-5-3-4-6-23(21)18-34)28-31-32-33-35(28)17-20-8-11-24(37-2)12-9-20/h3-12,15-16,27H,13-14,17-18H2,1-2H3,(H,30,36)/t27-/m1/s1. The smallest absolute Gasteiger partial charge is 0.253 e. The molecule has 8 heteroatoms. The fourth-order valence-corrected chi connectivity index (χ4v) is 5.20. The number of nitrogens with one attached hydrogen (secondary N) is 1. The van der Waals surface area contributed by atoms with Gasteiger partial charge in [-0.05, 0) is 75.7 Å². The first-order chi connectivity index (χ1) is 18.1. The lowest BCUT2D eigenvalue weighted by molar-refractivity contribution is 0.194. The number of hydrogen-bond donors (Lipinski definition) is 1. The number of aryl methyl sites for hydroxylation is 1. The second kappa shape index (κ2) is 9.63. The molecule has 0 spiro atoms. The number of rotatable bonds is 6. The SMILES string of the molecule is COc1ccc(Cn2nnnc2[C@@H](c2cc3ccc(C)cc3[nH]c2=O)N2CCc3ccccc3C2)cc1. The Morgan fingerprint density at radius 2 is 1.84 bits per heavy atom. The highest BCUT2D eigenvalue weighted by molar-refractivity contribution is 5.79. The van der Waals surface area contributed by atoms with E-state index in [9.17, 15) is 4.79 Å². The van der Waals surface area contributed by atoms with Crippen LogP contribution in [0.15, 0.2) is 77.6 Å². The van der Waals surface area contributed by atoms with Gasteiger partial charge in [-0.2, -0.15) is 0 Å². The number of aromatic nitrogens is 5. The molecule has 1 aliphatic heterocycles. The number of methoxy groups -OCH3 is 1. The van der Waals surface area contributed by atoms with Gasteiger partial charge in [-0.25, -0.2) is 4.68 Å². The molecule has 0 saturated heterocycles. The second-order valence-electron chi connectivity index (χ2n) is 9.58. The van der Waals surface area contributed by atoms with E-state index < -0.39 is 6.04 Å². The van der Waals surface area contributed by atoms with Crippen LogP contribution in [0, 0.1) is 6.92 Å². The molecule has 0 fully saturated rings. The Labute approximate surface area is 214 Å². The van der Waals surface area contributed by atoms with Gasteiger partial charge in [0.2, 0.25) is 0 Å². The van der Waals surface area contributed by atoms with Crippen molar-refractivity contribution in [2.45, 2.75) is 32.5 Å². The van der Waals surface area contributed by atoms with Crippen LogP contribution in [-0.4, -0.2) is 43.7 Å². The first-order valence-corrected chi connectivity index (χ1v) is 12.4. The van der Waals surface area contributed by atoms with Crippen molar-refractivity contribution in [3.63, 3.8) is 0 Å². The van der Waals surface area contributed by atoms with Gasteiger partial charge in [0.15, 0.2) is 5.82 Å². The van der Waals surface area contributed by atoms with E-state index in [0.29, 0.717) is 24.5 Å². The zero-order chi connectivity index (χ0) is 25.4. The summed E-state index contributed by atoms with van der Waals surface area (Å²) in [5.74, 6) is 1.44. The van der Waals surface area contributed by atoms with Gasteiger partial charge < -0.3 is 9.72 Å². The number of tetrazole rings is 1. The molecule has 3 aromatic carbocycles. The summed E-state index contributed by atoms with van der Waals surface area (Å²) in [6.45, 7) is 4.01. The predicted molar refractivity (Wildman–Crippen MR) is 142 cm³/mol. The van der Waals surface area contributed by atoms with Gasteiger partial charge >= 0.3 is 0 Å². The van der Waals surface area contributed by atoms with Gasteiger partial charge in [-0.1, -0.05) is 48.5 Å². The molecule has 3 heterocycles. The molecule has 2 aromatic heterocycles. The quantitative estimate of drug-likeness (QED) is 0.385. The van der Waals surface area contributed by atoms with E-state index in [-0.39, 0.29) is 5.56 Å². The van der Waals surface area contributed by atoms with Gasteiger partial charge in [0, 0.05) is 24.2 Å². The number of ether oxygens (including phenoxy) is 1. The first-order valence-electron chi connectivity index (χ1n) is 12.4. The second-order valence-corrected chi connectivity index (χ2v) is 9.58. The molecule has 0 amide bonds. The number of H-pyrrole nitrogens is 1. The Kier molecular flexibility index (Phi) is 6.02. The molecule has 0 bridgehead atoms. The molecule has 1 atom stereocenters. The summed E-state index contributed by atoms with van der Waals surface area (Å²) in [5, 5.41) is 13.8. The summed E-state index contributed by atoms with van der Waals surface area (Å²) in [7, 11) is 1.65. The summed E-state index contributed by atoms with van der Waals surface area (Å²) >= 11 is 0. The third kappa shape index (κ3) is 4.51. The zero-order valence-electron chi connectivity index (χ0n) is 20.9. The Balaban J connectivity index is 1.45. The summed E-state index contributed by atoms with van der Waals surface area (Å²) in [6, 6.07) is 24.0. The topological polar surface area (TPSA) is 88.9 Å². The first kappa shape index (κ1) is 23.1. The van der Waals surface area contributed by atoms with Crippen molar-refractivity contribution in [1.82, 2.24) is 30.1 Å². The van der Waals surface area contributed by atoms with E-state index in [1.807, 2.05) is 49.4 Å². The van der Waals surface area contributed by atoms with E-state index in [1.54, 1.807) is 11.8 Å². The fraction of sp³-hybridized carbons (Fsp3) is 0.241. The highest BCUT2D eigenvalue weighted by Gasteiger charge is 2.32. The third-order valence-electron chi connectivity index (χ3n) is 7.15. The minimum atomic E-state index is -0.406. The summed E-state index contributed by atoms with van der Waals surface area (Å²) in [6.07, 6.45) is 0.900. The summed E-state index contributed by atoms with van der Waals surface area (Å²) < 4.78 is 7.09. The van der Waals surface area contributed by atoms with Gasteiger partial charge in [-0.3, -0.25) is 9.69 Å². The minimum absolute atomic E-state index is 0.124. The predicted octanol–water partition coefficient (Wildman–Crippen LogP) is 4.03. The van der Waals surface area contributed by atoms with Crippen LogP contribution in [0.4, 0.5) is 0 Å². The molecular formula is C29H28N6O2. The molecule has 0 unspecified atom stereocenters. The average Bonchev–Trinajstić information content (AvgIpc) is 3.37. The maximum atomic E-state index is 13.5. The average molecular weight is 493 g/mol. The lowest BCUT2D eigenvalue weighted by Gasteiger charge is -2.34. The van der Waals surface area contributed by atoms with Crippen LogP contribution in [0.3, 0.4) is 0 Å². The molecule has 186 valence electrons. The van der Waals surface area contributed by atoms with Gasteiger partial charge in [0.05, 0.1) is 13.7 Å². The Morgan fingerprint density at radius 3 is 2.65 bits per heavy atom. The molecule has 1 N–H and O–H groups in total. The lowest BCUT2D eigenvalue weighted by Crippen LogP contribution is -2.38. The largest absolute Gasteiger partial charge is 0.497 e. The molecule has 8 nitrogen and oxygen atoms in total. The van der Waals surface area contributed by atoms with E-state index in [2.05, 4.69) is 55.7 Å². The zero-order valence-corrected chi connectivity index (χ0v) is 20.9. The Bertz CT molecular complexity index is 1620. The molecule has 0 aliphatic carbocycles. The van der Waals surface area contributed by atoms with Crippen LogP contribution in [0.5, 0.6) is 5.75 Å². The van der Waals surface area contributed by atoms with E-state index in [4.69, 9.17) is 4.74 Å². The van der Waals surface area contributed by atoms with Crippen LogP contribution < -0.4 is 10.3 Å². The van der Waals surface area contributed by atoms with Crippen LogP contribution in [-0.2, 0) is 19.5 Å². The highest BCUT2D eigenvalue weighted by Crippen LogP contribution is 2.32. The van der Waals surface area contributed by atoms with Crippen molar-refractivity contribution in [3.05, 3.63) is 117 Å². The van der Waals surface area contributed by atoms with Crippen LogP contribution in [0.25, 0.3) is 10.9 Å². The number of hydrogen-bond acceptors (Lipinski definition) is 6. The van der Waals surface area contributed by atoms with Crippen LogP contribution in [0.2, 0.25) is 0 Å². The fourth-order valence-electron chi connectivity index (χ4n) is 5.20. The van der Waals surface area contributed by atoms with Crippen LogP contribution in [0.1, 0.15) is 39.7 Å². The minimum Gasteiger partial charge on any atom is -0.497 e.